The maximum atomic E-state index is 12.0. The molecule has 1 aliphatic heterocycles. The van der Waals surface area contributed by atoms with Gasteiger partial charge in [-0.25, -0.2) is 4.79 Å². The number of carbonyl (C=O) groups excluding carboxylic acids is 2. The third kappa shape index (κ3) is 3.32. The van der Waals surface area contributed by atoms with Gasteiger partial charge in [-0.05, 0) is 12.1 Å². The SMILES string of the molecule is O=C(NCC(=O)N1CCSCC1C(=O)O)c1ccco1. The van der Waals surface area contributed by atoms with Crippen molar-refractivity contribution in [2.24, 2.45) is 0 Å². The van der Waals surface area contributed by atoms with Crippen molar-refractivity contribution in [3.63, 3.8) is 0 Å². The van der Waals surface area contributed by atoms with E-state index in [1.54, 1.807) is 6.07 Å². The Bertz CT molecular complexity index is 502. The molecule has 1 unspecified atom stereocenters. The Morgan fingerprint density at radius 3 is 2.95 bits per heavy atom. The van der Waals surface area contributed by atoms with Gasteiger partial charge >= 0.3 is 5.97 Å². The summed E-state index contributed by atoms with van der Waals surface area (Å²) in [5.41, 5.74) is 0. The molecule has 8 heteroatoms. The summed E-state index contributed by atoms with van der Waals surface area (Å²) >= 11 is 1.50. The molecule has 2 rings (SSSR count). The summed E-state index contributed by atoms with van der Waals surface area (Å²) in [6, 6.07) is 2.22. The quantitative estimate of drug-likeness (QED) is 0.814. The van der Waals surface area contributed by atoms with Crippen molar-refractivity contribution >= 4 is 29.5 Å². The number of carbonyl (C=O) groups is 3. The van der Waals surface area contributed by atoms with Gasteiger partial charge in [0, 0.05) is 18.1 Å². The van der Waals surface area contributed by atoms with Gasteiger partial charge in [-0.15, -0.1) is 0 Å². The smallest absolute Gasteiger partial charge is 0.327 e. The number of rotatable bonds is 4. The number of carboxylic acids is 1. The Morgan fingerprint density at radius 1 is 1.50 bits per heavy atom. The second-order valence-corrected chi connectivity index (χ2v) is 5.33. The zero-order valence-electron chi connectivity index (χ0n) is 10.6. The number of furan rings is 1. The first kappa shape index (κ1) is 14.4. The second kappa shape index (κ2) is 6.47. The largest absolute Gasteiger partial charge is 0.480 e. The van der Waals surface area contributed by atoms with Crippen LogP contribution in [0.15, 0.2) is 22.8 Å². The molecule has 1 aromatic rings. The number of amides is 2. The maximum absolute atomic E-state index is 12.0. The van der Waals surface area contributed by atoms with E-state index in [9.17, 15) is 14.4 Å². The Kier molecular flexibility index (Phi) is 4.67. The fraction of sp³-hybridized carbons (Fsp3) is 0.417. The van der Waals surface area contributed by atoms with Crippen LogP contribution in [0.5, 0.6) is 0 Å². The zero-order chi connectivity index (χ0) is 14.5. The van der Waals surface area contributed by atoms with E-state index in [-0.39, 0.29) is 12.3 Å². The maximum Gasteiger partial charge on any atom is 0.327 e. The molecule has 0 radical (unpaired) electrons. The van der Waals surface area contributed by atoms with Gasteiger partial charge in [0.25, 0.3) is 5.91 Å². The van der Waals surface area contributed by atoms with Gasteiger partial charge in [0.1, 0.15) is 6.04 Å². The van der Waals surface area contributed by atoms with Gasteiger partial charge in [0.2, 0.25) is 5.91 Å². The first-order valence-electron chi connectivity index (χ1n) is 6.01. The molecule has 0 aliphatic carbocycles. The molecule has 20 heavy (non-hydrogen) atoms. The number of hydrogen-bond acceptors (Lipinski definition) is 5. The van der Waals surface area contributed by atoms with Gasteiger partial charge in [-0.3, -0.25) is 9.59 Å². The summed E-state index contributed by atoms with van der Waals surface area (Å²) in [5.74, 6) is -0.751. The highest BCUT2D eigenvalue weighted by molar-refractivity contribution is 7.99. The average molecular weight is 298 g/mol. The normalized spacial score (nSPS) is 18.6. The summed E-state index contributed by atoms with van der Waals surface area (Å²) in [4.78, 5) is 36.0. The molecule has 1 aromatic heterocycles. The van der Waals surface area contributed by atoms with Crippen molar-refractivity contribution in [2.75, 3.05) is 24.6 Å². The summed E-state index contributed by atoms with van der Waals surface area (Å²) in [7, 11) is 0. The van der Waals surface area contributed by atoms with Crippen molar-refractivity contribution in [2.45, 2.75) is 6.04 Å². The van der Waals surface area contributed by atoms with E-state index < -0.39 is 23.8 Å². The molecule has 7 nitrogen and oxygen atoms in total. The van der Waals surface area contributed by atoms with E-state index in [2.05, 4.69) is 5.32 Å². The standard InChI is InChI=1S/C12H14N2O5S/c15-10(6-13-11(16)9-2-1-4-19-9)14-3-5-20-7-8(14)12(17)18/h1-2,4,8H,3,5-7H2,(H,13,16)(H,17,18). The first-order chi connectivity index (χ1) is 9.59. The predicted octanol–water partition coefficient (Wildman–Crippen LogP) is 0.0380. The predicted molar refractivity (Wildman–Crippen MR) is 71.5 cm³/mol. The molecule has 0 saturated carbocycles. The van der Waals surface area contributed by atoms with Crippen LogP contribution in [-0.2, 0) is 9.59 Å². The summed E-state index contributed by atoms with van der Waals surface area (Å²) < 4.78 is 4.90. The molecule has 2 heterocycles. The second-order valence-electron chi connectivity index (χ2n) is 4.18. The van der Waals surface area contributed by atoms with Crippen LogP contribution in [0.2, 0.25) is 0 Å². The van der Waals surface area contributed by atoms with Crippen LogP contribution in [-0.4, -0.2) is 58.4 Å². The van der Waals surface area contributed by atoms with Crippen molar-refractivity contribution in [3.05, 3.63) is 24.2 Å². The lowest BCUT2D eigenvalue weighted by molar-refractivity contribution is -0.148. The van der Waals surface area contributed by atoms with Gasteiger partial charge in [0.05, 0.1) is 12.8 Å². The van der Waals surface area contributed by atoms with E-state index in [0.29, 0.717) is 18.1 Å². The van der Waals surface area contributed by atoms with Crippen LogP contribution in [0.25, 0.3) is 0 Å². The fourth-order valence-electron chi connectivity index (χ4n) is 1.86. The van der Waals surface area contributed by atoms with Crippen molar-refractivity contribution in [3.8, 4) is 0 Å². The zero-order valence-corrected chi connectivity index (χ0v) is 11.4. The first-order valence-corrected chi connectivity index (χ1v) is 7.17. The lowest BCUT2D eigenvalue weighted by Gasteiger charge is -2.32. The third-order valence-corrected chi connectivity index (χ3v) is 3.90. The number of nitrogens with one attached hydrogen (secondary N) is 1. The van der Waals surface area contributed by atoms with Gasteiger partial charge in [-0.2, -0.15) is 11.8 Å². The Hall–Kier alpha value is -1.96. The average Bonchev–Trinajstić information content (AvgIpc) is 2.98. The molecule has 2 amide bonds. The van der Waals surface area contributed by atoms with E-state index in [1.807, 2.05) is 0 Å². The molecule has 0 bridgehead atoms. The third-order valence-electron chi connectivity index (χ3n) is 2.88. The number of aliphatic carboxylic acids is 1. The molecule has 1 atom stereocenters. The number of nitrogens with zero attached hydrogens (tertiary/aromatic N) is 1. The molecular formula is C12H14N2O5S. The van der Waals surface area contributed by atoms with Crippen molar-refractivity contribution in [1.29, 1.82) is 0 Å². The van der Waals surface area contributed by atoms with Crippen molar-refractivity contribution < 1.29 is 23.9 Å². The molecule has 0 aromatic carbocycles. The topological polar surface area (TPSA) is 99.9 Å². The van der Waals surface area contributed by atoms with Gasteiger partial charge < -0.3 is 19.7 Å². The van der Waals surface area contributed by atoms with Crippen molar-refractivity contribution in [1.82, 2.24) is 10.2 Å². The van der Waals surface area contributed by atoms with E-state index >= 15 is 0 Å². The molecule has 0 spiro atoms. The molecular weight excluding hydrogens is 284 g/mol. The number of thioether (sulfide) groups is 1. The molecule has 2 N–H and O–H groups in total. The van der Waals surface area contributed by atoms with Crippen LogP contribution in [0.3, 0.4) is 0 Å². The lowest BCUT2D eigenvalue weighted by atomic mass is 10.2. The minimum atomic E-state index is -1.03. The molecule has 1 saturated heterocycles. The molecule has 1 aliphatic rings. The fourth-order valence-corrected chi connectivity index (χ4v) is 2.90. The highest BCUT2D eigenvalue weighted by Gasteiger charge is 2.32. The summed E-state index contributed by atoms with van der Waals surface area (Å²) in [5, 5.41) is 11.5. The van der Waals surface area contributed by atoms with Crippen LogP contribution in [0, 0.1) is 0 Å². The van der Waals surface area contributed by atoms with E-state index in [0.717, 1.165) is 0 Å². The highest BCUT2D eigenvalue weighted by Crippen LogP contribution is 2.16. The summed E-state index contributed by atoms with van der Waals surface area (Å²) in [6.07, 6.45) is 1.36. The van der Waals surface area contributed by atoms with E-state index in [4.69, 9.17) is 9.52 Å². The number of carboxylic acid groups (broad SMARTS) is 1. The Labute approximate surface area is 119 Å². The number of hydrogen-bond donors (Lipinski definition) is 2. The Balaban J connectivity index is 1.90. The van der Waals surface area contributed by atoms with Crippen LogP contribution < -0.4 is 5.32 Å². The van der Waals surface area contributed by atoms with Gasteiger partial charge in [0.15, 0.2) is 5.76 Å². The minimum absolute atomic E-state index is 0.113. The van der Waals surface area contributed by atoms with Gasteiger partial charge in [-0.1, -0.05) is 0 Å². The highest BCUT2D eigenvalue weighted by atomic mass is 32.2. The summed E-state index contributed by atoms with van der Waals surface area (Å²) in [6.45, 7) is 0.130. The molecule has 108 valence electrons. The monoisotopic (exact) mass is 298 g/mol. The minimum Gasteiger partial charge on any atom is -0.480 e. The lowest BCUT2D eigenvalue weighted by Crippen LogP contribution is -2.53. The van der Waals surface area contributed by atoms with Crippen LogP contribution in [0.1, 0.15) is 10.6 Å². The van der Waals surface area contributed by atoms with Crippen LogP contribution in [0.4, 0.5) is 0 Å². The van der Waals surface area contributed by atoms with E-state index in [1.165, 1.54) is 29.0 Å². The molecule has 1 fully saturated rings. The van der Waals surface area contributed by atoms with Crippen LogP contribution >= 0.6 is 11.8 Å². The Morgan fingerprint density at radius 2 is 2.30 bits per heavy atom.